The minimum atomic E-state index is 0.496. The van der Waals surface area contributed by atoms with Crippen molar-refractivity contribution in [2.75, 3.05) is 26.3 Å². The van der Waals surface area contributed by atoms with Crippen molar-refractivity contribution >= 4 is 22.1 Å². The maximum atomic E-state index is 5.26. The molecule has 1 fully saturated rings. The van der Waals surface area contributed by atoms with Crippen molar-refractivity contribution in [3.8, 4) is 0 Å². The van der Waals surface area contributed by atoms with E-state index in [0.29, 0.717) is 10.7 Å². The number of ether oxygens (including phenoxy) is 1. The fraction of sp³-hybridized carbons (Fsp3) is 0.889. The van der Waals surface area contributed by atoms with E-state index in [9.17, 15) is 0 Å². The van der Waals surface area contributed by atoms with E-state index in [1.807, 2.05) is 0 Å². The molecule has 0 radical (unpaired) electrons. The van der Waals surface area contributed by atoms with Crippen LogP contribution in [0.4, 0.5) is 0 Å². The summed E-state index contributed by atoms with van der Waals surface area (Å²) < 4.78 is 7.60. The normalized spacial score (nSPS) is 21.2. The lowest BCUT2D eigenvalue weighted by atomic mass is 10.1. The van der Waals surface area contributed by atoms with E-state index >= 15 is 0 Å². The molecule has 0 spiro atoms. The minimum absolute atomic E-state index is 0.496. The molecule has 2 nitrogen and oxygen atoms in total. The standard InChI is InChI=1S/C9H17BrNO/c1-8(2)9(10)7-11-3-5-12-6-4-11/h7-9H,3-6H2,1-2H3/q+1. The van der Waals surface area contributed by atoms with Gasteiger partial charge in [-0.15, -0.1) is 0 Å². The predicted molar refractivity (Wildman–Crippen MR) is 54.4 cm³/mol. The molecule has 70 valence electrons. The fourth-order valence-electron chi connectivity index (χ4n) is 1.10. The molecule has 1 unspecified atom stereocenters. The highest BCUT2D eigenvalue weighted by Gasteiger charge is 2.15. The molecule has 1 heterocycles. The lowest BCUT2D eigenvalue weighted by molar-refractivity contribution is -0.545. The molecule has 0 bridgehead atoms. The molecular weight excluding hydrogens is 218 g/mol. The monoisotopic (exact) mass is 234 g/mol. The van der Waals surface area contributed by atoms with Gasteiger partial charge >= 0.3 is 0 Å². The molecule has 0 saturated carbocycles. The topological polar surface area (TPSA) is 12.2 Å². The smallest absolute Gasteiger partial charge is 0.165 e. The molecule has 12 heavy (non-hydrogen) atoms. The van der Waals surface area contributed by atoms with Crippen LogP contribution in [-0.4, -0.2) is 41.9 Å². The molecule has 1 atom stereocenters. The van der Waals surface area contributed by atoms with Crippen LogP contribution in [0, 0.1) is 5.92 Å². The summed E-state index contributed by atoms with van der Waals surface area (Å²) in [5.74, 6) is 0.660. The fourth-order valence-corrected chi connectivity index (χ4v) is 1.43. The quantitative estimate of drug-likeness (QED) is 0.522. The number of rotatable bonds is 2. The van der Waals surface area contributed by atoms with Gasteiger partial charge < -0.3 is 4.74 Å². The molecule has 3 heteroatoms. The summed E-state index contributed by atoms with van der Waals surface area (Å²) in [4.78, 5) is 0.496. The second-order valence-electron chi connectivity index (χ2n) is 3.49. The van der Waals surface area contributed by atoms with Gasteiger partial charge in [0, 0.05) is 0 Å². The van der Waals surface area contributed by atoms with Gasteiger partial charge in [0.2, 0.25) is 0 Å². The van der Waals surface area contributed by atoms with Gasteiger partial charge in [-0.05, 0) is 5.92 Å². The first-order valence-corrected chi connectivity index (χ1v) is 5.42. The average Bonchev–Trinajstić information content (AvgIpc) is 2.06. The minimum Gasteiger partial charge on any atom is -0.368 e. The van der Waals surface area contributed by atoms with Crippen LogP contribution in [0.15, 0.2) is 0 Å². The van der Waals surface area contributed by atoms with Gasteiger partial charge in [-0.25, -0.2) is 4.58 Å². The van der Waals surface area contributed by atoms with Gasteiger partial charge in [0.25, 0.3) is 0 Å². The van der Waals surface area contributed by atoms with Crippen LogP contribution in [0.1, 0.15) is 13.8 Å². The van der Waals surface area contributed by atoms with Crippen molar-refractivity contribution in [1.29, 1.82) is 0 Å². The van der Waals surface area contributed by atoms with E-state index in [1.54, 1.807) is 0 Å². The van der Waals surface area contributed by atoms with Gasteiger partial charge in [-0.1, -0.05) is 29.8 Å². The number of hydrogen-bond acceptors (Lipinski definition) is 1. The molecule has 0 aromatic heterocycles. The second kappa shape index (κ2) is 4.97. The Kier molecular flexibility index (Phi) is 4.22. The summed E-state index contributed by atoms with van der Waals surface area (Å²) in [7, 11) is 0. The summed E-state index contributed by atoms with van der Waals surface area (Å²) in [5.41, 5.74) is 0. The van der Waals surface area contributed by atoms with Gasteiger partial charge in [-0.3, -0.25) is 0 Å². The SMILES string of the molecule is CC(C)C(Br)C=[N+]1CCOCC1. The average molecular weight is 235 g/mol. The lowest BCUT2D eigenvalue weighted by Crippen LogP contribution is -2.32. The molecule has 0 aliphatic carbocycles. The number of halogens is 1. The first kappa shape index (κ1) is 10.2. The van der Waals surface area contributed by atoms with Crippen molar-refractivity contribution in [3.05, 3.63) is 0 Å². The third-order valence-corrected chi connectivity index (χ3v) is 3.33. The van der Waals surface area contributed by atoms with Crippen molar-refractivity contribution in [1.82, 2.24) is 0 Å². The zero-order valence-electron chi connectivity index (χ0n) is 7.79. The Labute approximate surface area is 82.7 Å². The zero-order chi connectivity index (χ0) is 8.97. The third-order valence-electron chi connectivity index (χ3n) is 2.04. The Bertz CT molecular complexity index is 160. The molecule has 1 aliphatic rings. The highest BCUT2D eigenvalue weighted by Crippen LogP contribution is 2.09. The van der Waals surface area contributed by atoms with Crippen LogP contribution >= 0.6 is 15.9 Å². The number of nitrogens with zero attached hydrogens (tertiary/aromatic N) is 1. The van der Waals surface area contributed by atoms with Crippen LogP contribution in [-0.2, 0) is 4.74 Å². The van der Waals surface area contributed by atoms with E-state index < -0.39 is 0 Å². The molecule has 0 N–H and O–H groups in total. The van der Waals surface area contributed by atoms with E-state index in [4.69, 9.17) is 4.74 Å². The lowest BCUT2D eigenvalue weighted by Gasteiger charge is -2.13. The summed E-state index contributed by atoms with van der Waals surface area (Å²) in [5, 5.41) is 0. The van der Waals surface area contributed by atoms with Gasteiger partial charge in [0.15, 0.2) is 19.3 Å². The van der Waals surface area contributed by atoms with Crippen molar-refractivity contribution < 1.29 is 9.31 Å². The van der Waals surface area contributed by atoms with Gasteiger partial charge in [0.05, 0.1) is 4.83 Å². The molecule has 0 aromatic carbocycles. The van der Waals surface area contributed by atoms with E-state index in [0.717, 1.165) is 26.3 Å². The highest BCUT2D eigenvalue weighted by molar-refractivity contribution is 9.09. The molecule has 1 saturated heterocycles. The summed E-state index contributed by atoms with van der Waals surface area (Å²) in [6.07, 6.45) is 2.27. The molecule has 1 rings (SSSR count). The Morgan fingerprint density at radius 2 is 1.92 bits per heavy atom. The van der Waals surface area contributed by atoms with Crippen LogP contribution in [0.5, 0.6) is 0 Å². The van der Waals surface area contributed by atoms with E-state index in [2.05, 4.69) is 40.6 Å². The van der Waals surface area contributed by atoms with Crippen molar-refractivity contribution in [3.63, 3.8) is 0 Å². The number of alkyl halides is 1. The van der Waals surface area contributed by atoms with Crippen LogP contribution < -0.4 is 0 Å². The largest absolute Gasteiger partial charge is 0.368 e. The maximum Gasteiger partial charge on any atom is 0.165 e. The molecule has 1 aliphatic heterocycles. The first-order valence-electron chi connectivity index (χ1n) is 4.51. The number of morpholine rings is 1. The predicted octanol–water partition coefficient (Wildman–Crippen LogP) is 1.52. The Morgan fingerprint density at radius 3 is 2.42 bits per heavy atom. The van der Waals surface area contributed by atoms with Crippen LogP contribution in [0.3, 0.4) is 0 Å². The van der Waals surface area contributed by atoms with Crippen LogP contribution in [0.2, 0.25) is 0 Å². The van der Waals surface area contributed by atoms with Crippen LogP contribution in [0.25, 0.3) is 0 Å². The summed E-state index contributed by atoms with van der Waals surface area (Å²) >= 11 is 3.64. The molecular formula is C9H17BrNO+. The molecule has 0 amide bonds. The third kappa shape index (κ3) is 3.23. The van der Waals surface area contributed by atoms with Gasteiger partial charge in [0.1, 0.15) is 13.2 Å². The number of hydrogen-bond donors (Lipinski definition) is 0. The Morgan fingerprint density at radius 1 is 1.33 bits per heavy atom. The summed E-state index contributed by atoms with van der Waals surface area (Å²) in [6.45, 7) is 8.25. The Balaban J connectivity index is 2.42. The first-order chi connectivity index (χ1) is 5.70. The zero-order valence-corrected chi connectivity index (χ0v) is 9.38. The maximum absolute atomic E-state index is 5.26. The van der Waals surface area contributed by atoms with Crippen molar-refractivity contribution in [2.45, 2.75) is 18.7 Å². The van der Waals surface area contributed by atoms with E-state index in [-0.39, 0.29) is 0 Å². The molecule has 0 aromatic rings. The Hall–Kier alpha value is 0.110. The second-order valence-corrected chi connectivity index (χ2v) is 4.54. The highest BCUT2D eigenvalue weighted by atomic mass is 79.9. The summed E-state index contributed by atoms with van der Waals surface area (Å²) in [6, 6.07) is 0. The van der Waals surface area contributed by atoms with E-state index in [1.165, 1.54) is 0 Å². The van der Waals surface area contributed by atoms with Gasteiger partial charge in [-0.2, -0.15) is 0 Å². The van der Waals surface area contributed by atoms with Crippen molar-refractivity contribution in [2.24, 2.45) is 5.92 Å².